The van der Waals surface area contributed by atoms with Gasteiger partial charge in [-0.1, -0.05) is 29.8 Å². The summed E-state index contributed by atoms with van der Waals surface area (Å²) in [5.74, 6) is 0.765. The van der Waals surface area contributed by atoms with Gasteiger partial charge in [-0.15, -0.1) is 0 Å². The number of hydrogen-bond donors (Lipinski definition) is 1. The van der Waals surface area contributed by atoms with Crippen LogP contribution in [0.15, 0.2) is 54.6 Å². The van der Waals surface area contributed by atoms with Crippen LogP contribution in [0, 0.1) is 13.8 Å². The first-order chi connectivity index (χ1) is 13.5. The van der Waals surface area contributed by atoms with E-state index in [9.17, 15) is 9.59 Å². The molecule has 4 rings (SSSR count). The van der Waals surface area contributed by atoms with E-state index in [0.717, 1.165) is 28.3 Å². The lowest BCUT2D eigenvalue weighted by molar-refractivity contribution is -0.119. The molecular formula is C22H22N4O2. The molecule has 0 unspecified atom stereocenters. The molecule has 0 atom stereocenters. The fourth-order valence-corrected chi connectivity index (χ4v) is 3.33. The summed E-state index contributed by atoms with van der Waals surface area (Å²) in [4.78, 5) is 26.6. The predicted octanol–water partition coefficient (Wildman–Crippen LogP) is 3.69. The molecule has 0 spiro atoms. The Hall–Kier alpha value is -3.41. The Balaban J connectivity index is 1.47. The van der Waals surface area contributed by atoms with Gasteiger partial charge in [-0.05, 0) is 43.7 Å². The van der Waals surface area contributed by atoms with Gasteiger partial charge in [-0.3, -0.25) is 14.5 Å². The topological polar surface area (TPSA) is 67.2 Å². The van der Waals surface area contributed by atoms with Crippen LogP contribution in [0.2, 0.25) is 0 Å². The van der Waals surface area contributed by atoms with Gasteiger partial charge >= 0.3 is 0 Å². The van der Waals surface area contributed by atoms with E-state index in [1.807, 2.05) is 61.0 Å². The molecule has 0 saturated heterocycles. The minimum atomic E-state index is -0.154. The third kappa shape index (κ3) is 3.67. The largest absolute Gasteiger partial charge is 0.322 e. The van der Waals surface area contributed by atoms with Crippen LogP contribution in [0.25, 0.3) is 0 Å². The Morgan fingerprint density at radius 1 is 1.07 bits per heavy atom. The maximum absolute atomic E-state index is 12.4. The lowest BCUT2D eigenvalue weighted by Gasteiger charge is -2.27. The van der Waals surface area contributed by atoms with E-state index in [0.29, 0.717) is 25.1 Å². The predicted molar refractivity (Wildman–Crippen MR) is 108 cm³/mol. The summed E-state index contributed by atoms with van der Waals surface area (Å²) in [6.07, 6.45) is 0.450. The third-order valence-corrected chi connectivity index (χ3v) is 4.86. The number of fused-ring (bicyclic) bond motifs is 1. The van der Waals surface area contributed by atoms with Crippen LogP contribution < -0.4 is 10.2 Å². The molecule has 0 radical (unpaired) electrons. The van der Waals surface area contributed by atoms with Gasteiger partial charge in [0.15, 0.2) is 0 Å². The van der Waals surface area contributed by atoms with E-state index < -0.39 is 0 Å². The minimum Gasteiger partial charge on any atom is -0.322 e. The van der Waals surface area contributed by atoms with Crippen molar-refractivity contribution in [1.29, 1.82) is 0 Å². The van der Waals surface area contributed by atoms with Gasteiger partial charge in [-0.25, -0.2) is 4.68 Å². The first-order valence-electron chi connectivity index (χ1n) is 9.31. The van der Waals surface area contributed by atoms with Gasteiger partial charge < -0.3 is 5.32 Å². The van der Waals surface area contributed by atoms with Crippen molar-refractivity contribution in [2.45, 2.75) is 33.4 Å². The molecule has 1 aliphatic rings. The molecule has 1 aromatic heterocycles. The summed E-state index contributed by atoms with van der Waals surface area (Å²) in [7, 11) is 0. The number of benzene rings is 2. The number of carbonyl (C=O) groups excluding carboxylic acids is 2. The highest BCUT2D eigenvalue weighted by Gasteiger charge is 2.25. The van der Waals surface area contributed by atoms with Crippen LogP contribution in [-0.4, -0.2) is 21.6 Å². The van der Waals surface area contributed by atoms with Crippen molar-refractivity contribution in [2.24, 2.45) is 0 Å². The lowest BCUT2D eigenvalue weighted by atomic mass is 10.1. The SMILES string of the molecule is Cc1ccc(NC(=O)c2ccc(CN3C(=O)CCn4nc(C)cc43)cc2)cc1. The van der Waals surface area contributed by atoms with Crippen molar-refractivity contribution in [3.63, 3.8) is 0 Å². The number of amides is 2. The van der Waals surface area contributed by atoms with E-state index in [4.69, 9.17) is 0 Å². The quantitative estimate of drug-likeness (QED) is 0.757. The molecule has 1 N–H and O–H groups in total. The highest BCUT2D eigenvalue weighted by molar-refractivity contribution is 6.04. The summed E-state index contributed by atoms with van der Waals surface area (Å²) in [5, 5.41) is 7.32. The Bertz CT molecular complexity index is 1020. The number of nitrogens with zero attached hydrogens (tertiary/aromatic N) is 3. The maximum Gasteiger partial charge on any atom is 0.255 e. The van der Waals surface area contributed by atoms with Crippen LogP contribution >= 0.6 is 0 Å². The van der Waals surface area contributed by atoms with Gasteiger partial charge in [-0.2, -0.15) is 5.10 Å². The molecule has 0 bridgehead atoms. The van der Waals surface area contributed by atoms with Crippen LogP contribution in [0.3, 0.4) is 0 Å². The van der Waals surface area contributed by atoms with E-state index in [1.54, 1.807) is 17.0 Å². The molecule has 0 fully saturated rings. The monoisotopic (exact) mass is 374 g/mol. The average molecular weight is 374 g/mol. The van der Waals surface area contributed by atoms with Gasteiger partial charge in [0.1, 0.15) is 5.82 Å². The Kier molecular flexibility index (Phi) is 4.69. The van der Waals surface area contributed by atoms with Crippen molar-refractivity contribution in [2.75, 3.05) is 10.2 Å². The second-order valence-corrected chi connectivity index (χ2v) is 7.11. The average Bonchev–Trinajstić information content (AvgIpc) is 3.07. The number of nitrogens with one attached hydrogen (secondary N) is 1. The van der Waals surface area contributed by atoms with Crippen molar-refractivity contribution in [3.8, 4) is 0 Å². The number of aromatic nitrogens is 2. The molecule has 1 aliphatic heterocycles. The second kappa shape index (κ2) is 7.31. The Morgan fingerprint density at radius 2 is 1.79 bits per heavy atom. The molecule has 28 heavy (non-hydrogen) atoms. The summed E-state index contributed by atoms with van der Waals surface area (Å²) in [5.41, 5.74) is 4.36. The number of hydrogen-bond acceptors (Lipinski definition) is 3. The van der Waals surface area contributed by atoms with Crippen molar-refractivity contribution >= 4 is 23.3 Å². The van der Waals surface area contributed by atoms with Crippen molar-refractivity contribution in [1.82, 2.24) is 9.78 Å². The van der Waals surface area contributed by atoms with E-state index in [1.165, 1.54) is 0 Å². The first kappa shape index (κ1) is 18.0. The standard InChI is InChI=1S/C22H22N4O2/c1-15-3-9-19(10-4-15)23-22(28)18-7-5-17(6-8-18)14-25-20-13-16(2)24-26(20)12-11-21(25)27/h3-10,13H,11-12,14H2,1-2H3,(H,23,28). The highest BCUT2D eigenvalue weighted by atomic mass is 16.2. The van der Waals surface area contributed by atoms with Crippen LogP contribution in [0.4, 0.5) is 11.5 Å². The molecule has 0 saturated carbocycles. The molecule has 142 valence electrons. The van der Waals surface area contributed by atoms with Crippen LogP contribution in [0.5, 0.6) is 0 Å². The zero-order chi connectivity index (χ0) is 19.7. The van der Waals surface area contributed by atoms with Gasteiger partial charge in [0.25, 0.3) is 5.91 Å². The number of carbonyl (C=O) groups is 2. The van der Waals surface area contributed by atoms with Crippen molar-refractivity contribution < 1.29 is 9.59 Å². The molecule has 3 aromatic rings. The molecule has 6 nitrogen and oxygen atoms in total. The number of anilines is 2. The molecular weight excluding hydrogens is 352 g/mol. The Morgan fingerprint density at radius 3 is 2.50 bits per heavy atom. The number of rotatable bonds is 4. The van der Waals surface area contributed by atoms with E-state index in [2.05, 4.69) is 10.4 Å². The molecule has 2 amide bonds. The smallest absolute Gasteiger partial charge is 0.255 e. The summed E-state index contributed by atoms with van der Waals surface area (Å²) >= 11 is 0. The second-order valence-electron chi connectivity index (χ2n) is 7.11. The fraction of sp³-hybridized carbons (Fsp3) is 0.227. The van der Waals surface area contributed by atoms with Crippen LogP contribution in [0.1, 0.15) is 33.6 Å². The lowest BCUT2D eigenvalue weighted by Crippen LogP contribution is -2.36. The summed E-state index contributed by atoms with van der Waals surface area (Å²) < 4.78 is 1.88. The van der Waals surface area contributed by atoms with Gasteiger partial charge in [0.2, 0.25) is 5.91 Å². The van der Waals surface area contributed by atoms with Crippen LogP contribution in [-0.2, 0) is 17.9 Å². The fourth-order valence-electron chi connectivity index (χ4n) is 3.33. The third-order valence-electron chi connectivity index (χ3n) is 4.86. The molecule has 0 aliphatic carbocycles. The summed E-state index contributed by atoms with van der Waals surface area (Å²) in [6.45, 7) is 5.02. The highest BCUT2D eigenvalue weighted by Crippen LogP contribution is 2.24. The van der Waals surface area contributed by atoms with E-state index in [-0.39, 0.29) is 11.8 Å². The zero-order valence-corrected chi connectivity index (χ0v) is 16.0. The van der Waals surface area contributed by atoms with Gasteiger partial charge in [0, 0.05) is 23.7 Å². The summed E-state index contributed by atoms with van der Waals surface area (Å²) in [6, 6.07) is 17.0. The normalized spacial score (nSPS) is 13.4. The first-order valence-corrected chi connectivity index (χ1v) is 9.31. The minimum absolute atomic E-state index is 0.0913. The van der Waals surface area contributed by atoms with E-state index >= 15 is 0 Å². The van der Waals surface area contributed by atoms with Gasteiger partial charge in [0.05, 0.1) is 18.8 Å². The van der Waals surface area contributed by atoms with Crippen molar-refractivity contribution in [3.05, 3.63) is 77.0 Å². The Labute approximate surface area is 163 Å². The number of aryl methyl sites for hydroxylation is 3. The zero-order valence-electron chi connectivity index (χ0n) is 16.0. The molecule has 2 aromatic carbocycles. The molecule has 2 heterocycles. The maximum atomic E-state index is 12.4. The molecule has 6 heteroatoms.